The average Bonchev–Trinajstić information content (AvgIpc) is 2.95. The number of sulfonamides is 1. The summed E-state index contributed by atoms with van der Waals surface area (Å²) >= 11 is 0. The van der Waals surface area contributed by atoms with Crippen LogP contribution in [0.15, 0.2) is 41.6 Å². The highest BCUT2D eigenvalue weighted by Crippen LogP contribution is 2.29. The molecular weight excluding hydrogens is 361 g/mol. The van der Waals surface area contributed by atoms with E-state index in [1.165, 1.54) is 24.1 Å². The zero-order chi connectivity index (χ0) is 18.8. The minimum atomic E-state index is -4.42. The van der Waals surface area contributed by atoms with E-state index >= 15 is 0 Å². The van der Waals surface area contributed by atoms with Crippen LogP contribution in [-0.2, 0) is 34.1 Å². The summed E-state index contributed by atoms with van der Waals surface area (Å²) in [6, 6.07) is 4.47. The number of carbonyl (C=O) groups excluding carboxylic acids is 1. The van der Waals surface area contributed by atoms with Gasteiger partial charge in [-0.1, -0.05) is 12.1 Å². The number of benzene rings is 1. The standard InChI is InChI=1S/C14H15F3N4O3S/c1-20(7-10-2-4-11(5-3-10)14(15,16)17)13(22)9-21-8-12(6-19-21)25(18,23)24/h2-6,8H,7,9H2,1H3,(H2,18,23,24). The van der Waals surface area contributed by atoms with E-state index in [-0.39, 0.29) is 18.0 Å². The van der Waals surface area contributed by atoms with E-state index in [0.717, 1.165) is 29.2 Å². The largest absolute Gasteiger partial charge is 0.416 e. The fourth-order valence-electron chi connectivity index (χ4n) is 2.00. The predicted octanol–water partition coefficient (Wildman–Crippen LogP) is 1.21. The molecule has 2 N–H and O–H groups in total. The van der Waals surface area contributed by atoms with Crippen LogP contribution in [0.1, 0.15) is 11.1 Å². The number of amides is 1. The molecule has 0 aliphatic carbocycles. The Bertz CT molecular complexity index is 860. The maximum Gasteiger partial charge on any atom is 0.416 e. The Morgan fingerprint density at radius 1 is 1.28 bits per heavy atom. The lowest BCUT2D eigenvalue weighted by atomic mass is 10.1. The molecule has 11 heteroatoms. The molecule has 136 valence electrons. The first-order valence-electron chi connectivity index (χ1n) is 6.92. The van der Waals surface area contributed by atoms with Crippen LogP contribution < -0.4 is 5.14 Å². The summed E-state index contributed by atoms with van der Waals surface area (Å²) in [4.78, 5) is 13.2. The van der Waals surface area contributed by atoms with Crippen molar-refractivity contribution in [3.8, 4) is 0 Å². The first kappa shape index (κ1) is 18.9. The Hall–Kier alpha value is -2.40. The zero-order valence-corrected chi connectivity index (χ0v) is 13.9. The number of aromatic nitrogens is 2. The molecule has 1 heterocycles. The van der Waals surface area contributed by atoms with E-state index in [0.29, 0.717) is 5.56 Å². The van der Waals surface area contributed by atoms with Crippen molar-refractivity contribution in [1.29, 1.82) is 0 Å². The fraction of sp³-hybridized carbons (Fsp3) is 0.286. The van der Waals surface area contributed by atoms with Crippen LogP contribution in [0, 0.1) is 0 Å². The van der Waals surface area contributed by atoms with Gasteiger partial charge in [0.1, 0.15) is 11.4 Å². The lowest BCUT2D eigenvalue weighted by Crippen LogP contribution is -2.30. The van der Waals surface area contributed by atoms with Gasteiger partial charge in [-0.25, -0.2) is 13.6 Å². The molecule has 0 saturated carbocycles. The monoisotopic (exact) mass is 376 g/mol. The zero-order valence-electron chi connectivity index (χ0n) is 13.1. The van der Waals surface area contributed by atoms with Gasteiger partial charge < -0.3 is 4.90 Å². The molecule has 2 rings (SSSR count). The molecule has 1 aromatic heterocycles. The van der Waals surface area contributed by atoms with Crippen molar-refractivity contribution < 1.29 is 26.4 Å². The van der Waals surface area contributed by atoms with Crippen molar-refractivity contribution in [3.63, 3.8) is 0 Å². The number of hydrogen-bond acceptors (Lipinski definition) is 4. The number of rotatable bonds is 5. The van der Waals surface area contributed by atoms with Crippen LogP contribution in [0.3, 0.4) is 0 Å². The molecule has 0 bridgehead atoms. The van der Waals surface area contributed by atoms with Crippen LogP contribution >= 0.6 is 0 Å². The summed E-state index contributed by atoms with van der Waals surface area (Å²) in [5.41, 5.74) is -0.244. The van der Waals surface area contributed by atoms with Gasteiger partial charge in [-0.3, -0.25) is 9.48 Å². The molecule has 0 spiro atoms. The van der Waals surface area contributed by atoms with Crippen molar-refractivity contribution in [2.75, 3.05) is 7.05 Å². The topological polar surface area (TPSA) is 98.3 Å². The van der Waals surface area contributed by atoms with Crippen LogP contribution in [0.25, 0.3) is 0 Å². The lowest BCUT2D eigenvalue weighted by molar-refractivity contribution is -0.137. The Morgan fingerprint density at radius 2 is 1.88 bits per heavy atom. The van der Waals surface area contributed by atoms with Crippen molar-refractivity contribution in [2.24, 2.45) is 5.14 Å². The highest BCUT2D eigenvalue weighted by atomic mass is 32.2. The van der Waals surface area contributed by atoms with E-state index < -0.39 is 27.7 Å². The van der Waals surface area contributed by atoms with Gasteiger partial charge in [0.2, 0.25) is 15.9 Å². The minimum absolute atomic E-state index is 0.0975. The van der Waals surface area contributed by atoms with Gasteiger partial charge in [-0.2, -0.15) is 18.3 Å². The van der Waals surface area contributed by atoms with Crippen LogP contribution in [-0.4, -0.2) is 36.1 Å². The lowest BCUT2D eigenvalue weighted by Gasteiger charge is -2.17. The SMILES string of the molecule is CN(Cc1ccc(C(F)(F)F)cc1)C(=O)Cn1cc(S(N)(=O)=O)cn1. The van der Waals surface area contributed by atoms with E-state index in [1.54, 1.807) is 0 Å². The number of nitrogens with two attached hydrogens (primary N) is 1. The van der Waals surface area contributed by atoms with Gasteiger partial charge in [0.15, 0.2) is 0 Å². The van der Waals surface area contributed by atoms with E-state index in [9.17, 15) is 26.4 Å². The Kier molecular flexibility index (Phi) is 5.18. The first-order chi connectivity index (χ1) is 11.5. The maximum atomic E-state index is 12.5. The van der Waals surface area contributed by atoms with Gasteiger partial charge in [0, 0.05) is 19.8 Å². The number of alkyl halides is 3. The van der Waals surface area contributed by atoms with Gasteiger partial charge in [0.25, 0.3) is 0 Å². The Labute approximate surface area is 141 Å². The van der Waals surface area contributed by atoms with E-state index in [4.69, 9.17) is 5.14 Å². The van der Waals surface area contributed by atoms with Gasteiger partial charge >= 0.3 is 6.18 Å². The predicted molar refractivity (Wildman–Crippen MR) is 81.5 cm³/mol. The number of likely N-dealkylation sites (N-methyl/N-ethyl adjacent to an activating group) is 1. The summed E-state index contributed by atoms with van der Waals surface area (Å²) in [5.74, 6) is -0.399. The number of carbonyl (C=O) groups is 1. The molecule has 2 aromatic rings. The third kappa shape index (κ3) is 5.03. The molecule has 0 aliphatic rings. The third-order valence-corrected chi connectivity index (χ3v) is 4.23. The van der Waals surface area contributed by atoms with Crippen molar-refractivity contribution in [1.82, 2.24) is 14.7 Å². The molecule has 1 amide bonds. The maximum absolute atomic E-state index is 12.5. The van der Waals surface area contributed by atoms with Gasteiger partial charge in [-0.15, -0.1) is 0 Å². The molecule has 0 unspecified atom stereocenters. The van der Waals surface area contributed by atoms with Crippen molar-refractivity contribution in [2.45, 2.75) is 24.2 Å². The number of nitrogens with zero attached hydrogens (tertiary/aromatic N) is 3. The summed E-state index contributed by atoms with van der Waals surface area (Å²) in [6.07, 6.45) is -2.26. The van der Waals surface area contributed by atoms with Crippen LogP contribution in [0.2, 0.25) is 0 Å². The van der Waals surface area contributed by atoms with Crippen molar-refractivity contribution >= 4 is 15.9 Å². The van der Waals surface area contributed by atoms with Crippen molar-refractivity contribution in [3.05, 3.63) is 47.8 Å². The second-order valence-electron chi connectivity index (χ2n) is 5.36. The second kappa shape index (κ2) is 6.84. The fourth-order valence-corrected chi connectivity index (χ4v) is 2.46. The summed E-state index contributed by atoms with van der Waals surface area (Å²) < 4.78 is 61.0. The average molecular weight is 376 g/mol. The molecule has 7 nitrogen and oxygen atoms in total. The van der Waals surface area contributed by atoms with E-state index in [1.807, 2.05) is 0 Å². The summed E-state index contributed by atoms with van der Waals surface area (Å²) in [5, 5.41) is 8.68. The molecule has 0 fully saturated rings. The van der Waals surface area contributed by atoms with Crippen LogP contribution in [0.5, 0.6) is 0 Å². The smallest absolute Gasteiger partial charge is 0.340 e. The van der Waals surface area contributed by atoms with Crippen LogP contribution in [0.4, 0.5) is 13.2 Å². The molecule has 1 aromatic carbocycles. The molecule has 0 radical (unpaired) electrons. The Balaban J connectivity index is 1.99. The second-order valence-corrected chi connectivity index (χ2v) is 6.92. The molecule has 0 saturated heterocycles. The third-order valence-electron chi connectivity index (χ3n) is 3.36. The van der Waals surface area contributed by atoms with Gasteiger partial charge in [0.05, 0.1) is 11.8 Å². The number of primary sulfonamides is 1. The molecule has 0 atom stereocenters. The minimum Gasteiger partial charge on any atom is -0.340 e. The van der Waals surface area contributed by atoms with Gasteiger partial charge in [-0.05, 0) is 17.7 Å². The number of halogens is 3. The normalized spacial score (nSPS) is 12.2. The Morgan fingerprint density at radius 3 is 2.36 bits per heavy atom. The quantitative estimate of drug-likeness (QED) is 0.848. The number of hydrogen-bond donors (Lipinski definition) is 1. The summed E-state index contributed by atoms with van der Waals surface area (Å²) in [6.45, 7) is -0.132. The van der Waals surface area contributed by atoms with E-state index in [2.05, 4.69) is 5.10 Å². The summed E-state index contributed by atoms with van der Waals surface area (Å²) in [7, 11) is -2.43. The molecule has 25 heavy (non-hydrogen) atoms. The molecule has 0 aliphatic heterocycles. The highest BCUT2D eigenvalue weighted by Gasteiger charge is 2.30. The molecular formula is C14H15F3N4O3S. The first-order valence-corrected chi connectivity index (χ1v) is 8.47. The highest BCUT2D eigenvalue weighted by molar-refractivity contribution is 7.89.